The molecule has 0 saturated heterocycles. The van der Waals surface area contributed by atoms with Crippen molar-refractivity contribution in [1.29, 1.82) is 0 Å². The standard InChI is InChI=1S/C19H19N3O2/c1-24-15-5-3-14(4-6-15)19(8-9-19)11-20-18(23)13-2-7-16-17(10-13)22-12-21-16/h2-7,10,12H,8-9,11H2,1H3,(H,20,23)(H,21,22). The highest BCUT2D eigenvalue weighted by molar-refractivity contribution is 5.97. The Morgan fingerprint density at radius 2 is 2.04 bits per heavy atom. The third kappa shape index (κ3) is 2.62. The minimum Gasteiger partial charge on any atom is -0.497 e. The van der Waals surface area contributed by atoms with Crippen molar-refractivity contribution in [2.45, 2.75) is 18.3 Å². The summed E-state index contributed by atoms with van der Waals surface area (Å²) in [5, 5.41) is 3.08. The van der Waals surface area contributed by atoms with Gasteiger partial charge in [-0.05, 0) is 48.7 Å². The third-order valence-corrected chi connectivity index (χ3v) is 4.83. The summed E-state index contributed by atoms with van der Waals surface area (Å²) in [5.74, 6) is 0.803. The highest BCUT2D eigenvalue weighted by Crippen LogP contribution is 2.47. The number of aromatic nitrogens is 2. The number of ether oxygens (including phenoxy) is 1. The van der Waals surface area contributed by atoms with E-state index in [0.29, 0.717) is 12.1 Å². The number of imidazole rings is 1. The van der Waals surface area contributed by atoms with Gasteiger partial charge in [0.05, 0.1) is 24.5 Å². The van der Waals surface area contributed by atoms with E-state index < -0.39 is 0 Å². The van der Waals surface area contributed by atoms with Gasteiger partial charge in [0.25, 0.3) is 5.91 Å². The van der Waals surface area contributed by atoms with Crippen LogP contribution in [0.2, 0.25) is 0 Å². The Morgan fingerprint density at radius 3 is 2.75 bits per heavy atom. The minimum atomic E-state index is -0.0497. The van der Waals surface area contributed by atoms with Crippen molar-refractivity contribution in [2.24, 2.45) is 0 Å². The fraction of sp³-hybridized carbons (Fsp3) is 0.263. The predicted octanol–water partition coefficient (Wildman–Crippen LogP) is 3.03. The van der Waals surface area contributed by atoms with Gasteiger partial charge in [0.1, 0.15) is 5.75 Å². The highest BCUT2D eigenvalue weighted by atomic mass is 16.5. The van der Waals surface area contributed by atoms with Crippen LogP contribution >= 0.6 is 0 Å². The van der Waals surface area contributed by atoms with Gasteiger partial charge in [-0.15, -0.1) is 0 Å². The Balaban J connectivity index is 1.46. The van der Waals surface area contributed by atoms with Crippen molar-refractivity contribution in [1.82, 2.24) is 15.3 Å². The van der Waals surface area contributed by atoms with E-state index in [0.717, 1.165) is 29.6 Å². The first-order chi connectivity index (χ1) is 11.7. The van der Waals surface area contributed by atoms with Crippen LogP contribution in [0.15, 0.2) is 48.8 Å². The molecule has 1 aromatic heterocycles. The molecule has 1 aliphatic carbocycles. The number of rotatable bonds is 5. The smallest absolute Gasteiger partial charge is 0.251 e. The molecule has 5 nitrogen and oxygen atoms in total. The lowest BCUT2D eigenvalue weighted by atomic mass is 9.95. The van der Waals surface area contributed by atoms with Crippen LogP contribution in [0.4, 0.5) is 0 Å². The average Bonchev–Trinajstić information content (AvgIpc) is 3.28. The second-order valence-corrected chi connectivity index (χ2v) is 6.33. The second-order valence-electron chi connectivity index (χ2n) is 6.33. The Kier molecular flexibility index (Phi) is 3.49. The van der Waals surface area contributed by atoms with Crippen LogP contribution in [0.1, 0.15) is 28.8 Å². The molecule has 0 aliphatic heterocycles. The zero-order valence-corrected chi connectivity index (χ0v) is 13.5. The zero-order valence-electron chi connectivity index (χ0n) is 13.5. The summed E-state index contributed by atoms with van der Waals surface area (Å²) in [4.78, 5) is 19.7. The highest BCUT2D eigenvalue weighted by Gasteiger charge is 2.44. The van der Waals surface area contributed by atoms with Crippen molar-refractivity contribution in [3.05, 3.63) is 59.9 Å². The molecule has 1 saturated carbocycles. The quantitative estimate of drug-likeness (QED) is 0.759. The van der Waals surface area contributed by atoms with Crippen molar-refractivity contribution in [3.8, 4) is 5.75 Å². The number of carbonyl (C=O) groups excluding carboxylic acids is 1. The largest absolute Gasteiger partial charge is 0.497 e. The van der Waals surface area contributed by atoms with Crippen LogP contribution in [0.25, 0.3) is 11.0 Å². The number of methoxy groups -OCH3 is 1. The Hall–Kier alpha value is -2.82. The number of hydrogen-bond acceptors (Lipinski definition) is 3. The lowest BCUT2D eigenvalue weighted by Crippen LogP contribution is -2.32. The van der Waals surface area contributed by atoms with Crippen LogP contribution in [-0.4, -0.2) is 29.5 Å². The summed E-state index contributed by atoms with van der Waals surface area (Å²) in [6, 6.07) is 13.6. The molecule has 1 heterocycles. The van der Waals surface area contributed by atoms with Gasteiger partial charge in [0.2, 0.25) is 0 Å². The summed E-state index contributed by atoms with van der Waals surface area (Å²) < 4.78 is 5.21. The van der Waals surface area contributed by atoms with E-state index in [2.05, 4.69) is 27.4 Å². The maximum Gasteiger partial charge on any atom is 0.251 e. The van der Waals surface area contributed by atoms with Crippen molar-refractivity contribution < 1.29 is 9.53 Å². The monoisotopic (exact) mass is 321 g/mol. The second kappa shape index (κ2) is 5.67. The van der Waals surface area contributed by atoms with E-state index in [1.165, 1.54) is 5.56 Å². The summed E-state index contributed by atoms with van der Waals surface area (Å²) in [7, 11) is 1.67. The van der Waals surface area contributed by atoms with E-state index >= 15 is 0 Å². The molecule has 1 amide bonds. The number of H-pyrrole nitrogens is 1. The van der Waals surface area contributed by atoms with Gasteiger partial charge in [-0.1, -0.05) is 12.1 Å². The van der Waals surface area contributed by atoms with Gasteiger partial charge in [-0.25, -0.2) is 4.98 Å². The molecule has 0 radical (unpaired) electrons. The molecule has 2 aromatic carbocycles. The van der Waals surface area contributed by atoms with E-state index in [1.807, 2.05) is 30.3 Å². The number of benzene rings is 2. The normalized spacial score (nSPS) is 15.2. The SMILES string of the molecule is COc1ccc(C2(CNC(=O)c3ccc4nc[nH]c4c3)CC2)cc1. The summed E-state index contributed by atoms with van der Waals surface area (Å²) in [6.07, 6.45) is 3.83. The van der Waals surface area contributed by atoms with Crippen LogP contribution < -0.4 is 10.1 Å². The minimum absolute atomic E-state index is 0.0497. The average molecular weight is 321 g/mol. The topological polar surface area (TPSA) is 67.0 Å². The van der Waals surface area contributed by atoms with Gasteiger partial charge in [0, 0.05) is 17.5 Å². The Morgan fingerprint density at radius 1 is 1.25 bits per heavy atom. The predicted molar refractivity (Wildman–Crippen MR) is 92.3 cm³/mol. The molecule has 24 heavy (non-hydrogen) atoms. The van der Waals surface area contributed by atoms with Gasteiger partial charge in [0.15, 0.2) is 0 Å². The fourth-order valence-corrected chi connectivity index (χ4v) is 3.09. The van der Waals surface area contributed by atoms with E-state index in [-0.39, 0.29) is 11.3 Å². The zero-order chi connectivity index (χ0) is 16.6. The number of nitrogens with zero attached hydrogens (tertiary/aromatic N) is 1. The summed E-state index contributed by atoms with van der Waals surface area (Å²) in [6.45, 7) is 0.652. The molecule has 4 rings (SSSR count). The van der Waals surface area contributed by atoms with Gasteiger partial charge in [-0.3, -0.25) is 4.79 Å². The van der Waals surface area contributed by atoms with Crippen LogP contribution in [0, 0.1) is 0 Å². The molecule has 1 aliphatic rings. The first kappa shape index (κ1) is 14.8. The lowest BCUT2D eigenvalue weighted by Gasteiger charge is -2.17. The molecule has 0 atom stereocenters. The van der Waals surface area contributed by atoms with Gasteiger partial charge in [-0.2, -0.15) is 0 Å². The number of nitrogens with one attached hydrogen (secondary N) is 2. The molecular weight excluding hydrogens is 302 g/mol. The fourth-order valence-electron chi connectivity index (χ4n) is 3.09. The van der Waals surface area contributed by atoms with Crippen LogP contribution in [0.3, 0.4) is 0 Å². The number of amides is 1. The van der Waals surface area contributed by atoms with Gasteiger partial charge < -0.3 is 15.0 Å². The van der Waals surface area contributed by atoms with Crippen LogP contribution in [0.5, 0.6) is 5.75 Å². The van der Waals surface area contributed by atoms with Crippen molar-refractivity contribution >= 4 is 16.9 Å². The molecule has 3 aromatic rings. The third-order valence-electron chi connectivity index (χ3n) is 4.83. The van der Waals surface area contributed by atoms with Crippen molar-refractivity contribution in [3.63, 3.8) is 0 Å². The molecular formula is C19H19N3O2. The molecule has 0 unspecified atom stereocenters. The number of aromatic amines is 1. The number of fused-ring (bicyclic) bond motifs is 1. The van der Waals surface area contributed by atoms with Crippen molar-refractivity contribution in [2.75, 3.05) is 13.7 Å². The Labute approximate surface area is 140 Å². The van der Waals surface area contributed by atoms with E-state index in [4.69, 9.17) is 4.74 Å². The summed E-state index contributed by atoms with van der Waals surface area (Å²) >= 11 is 0. The number of hydrogen-bond donors (Lipinski definition) is 2. The molecule has 0 spiro atoms. The molecule has 2 N–H and O–H groups in total. The Bertz CT molecular complexity index is 879. The maximum atomic E-state index is 12.5. The first-order valence-electron chi connectivity index (χ1n) is 8.06. The number of carbonyl (C=O) groups is 1. The van der Waals surface area contributed by atoms with E-state index in [1.54, 1.807) is 13.4 Å². The summed E-state index contributed by atoms with van der Waals surface area (Å²) in [5.41, 5.74) is 3.72. The van der Waals surface area contributed by atoms with Crippen LogP contribution in [-0.2, 0) is 5.41 Å². The molecule has 1 fully saturated rings. The van der Waals surface area contributed by atoms with Gasteiger partial charge >= 0.3 is 0 Å². The lowest BCUT2D eigenvalue weighted by molar-refractivity contribution is 0.0950. The first-order valence-corrected chi connectivity index (χ1v) is 8.06. The van der Waals surface area contributed by atoms with E-state index in [9.17, 15) is 4.79 Å². The molecule has 0 bridgehead atoms. The maximum absolute atomic E-state index is 12.5. The molecule has 5 heteroatoms. The molecule has 122 valence electrons.